The summed E-state index contributed by atoms with van der Waals surface area (Å²) in [5, 5.41) is 8.86. The van der Waals surface area contributed by atoms with Gasteiger partial charge in [0.05, 0.1) is 0 Å². The molecule has 0 bridgehead atoms. The molecule has 1 aliphatic rings. The van der Waals surface area contributed by atoms with E-state index >= 15 is 0 Å². The molecule has 78 valence electrons. The normalized spacial score (nSPS) is 21.4. The summed E-state index contributed by atoms with van der Waals surface area (Å²) in [5.41, 5.74) is 0.289. The van der Waals surface area contributed by atoms with Gasteiger partial charge >= 0.3 is 5.97 Å². The van der Waals surface area contributed by atoms with Crippen LogP contribution in [0.25, 0.3) is 0 Å². The van der Waals surface area contributed by atoms with Gasteiger partial charge in [-0.05, 0) is 27.2 Å². The number of carboxylic acid groups (broad SMARTS) is 1. The minimum Gasteiger partial charge on any atom is -0.477 e. The molecule has 1 rings (SSSR count). The molecule has 0 unspecified atom stereocenters. The molecule has 0 fully saturated rings. The zero-order chi connectivity index (χ0) is 11.1. The second kappa shape index (κ2) is 3.12. The Morgan fingerprint density at radius 2 is 2.00 bits per heavy atom. The molecule has 1 heterocycles. The van der Waals surface area contributed by atoms with Gasteiger partial charge in [0, 0.05) is 12.6 Å². The highest BCUT2D eigenvalue weighted by molar-refractivity contribution is 6.16. The van der Waals surface area contributed by atoms with Crippen LogP contribution in [0.3, 0.4) is 0 Å². The number of hydrogen-bond acceptors (Lipinski definition) is 2. The quantitative estimate of drug-likeness (QED) is 0.639. The summed E-state index contributed by atoms with van der Waals surface area (Å²) in [5.74, 6) is -1.53. The van der Waals surface area contributed by atoms with Crippen molar-refractivity contribution in [3.05, 3.63) is 11.1 Å². The number of likely N-dealkylation sites (N-methyl/N-ethyl adjacent to an activating group) is 1. The van der Waals surface area contributed by atoms with Gasteiger partial charge in [-0.3, -0.25) is 4.79 Å². The van der Waals surface area contributed by atoms with Crippen molar-refractivity contribution in [1.82, 2.24) is 4.90 Å². The van der Waals surface area contributed by atoms with E-state index in [1.54, 1.807) is 14.0 Å². The third kappa shape index (κ3) is 1.52. The lowest BCUT2D eigenvalue weighted by molar-refractivity contribution is -0.140. The highest BCUT2D eigenvalue weighted by Crippen LogP contribution is 2.30. The van der Waals surface area contributed by atoms with E-state index in [4.69, 9.17) is 5.11 Å². The van der Waals surface area contributed by atoms with Gasteiger partial charge in [-0.1, -0.05) is 5.57 Å². The first-order chi connectivity index (χ1) is 6.27. The Morgan fingerprint density at radius 3 is 2.43 bits per heavy atom. The van der Waals surface area contributed by atoms with Crippen LogP contribution in [0.15, 0.2) is 11.1 Å². The highest BCUT2D eigenvalue weighted by Gasteiger charge is 2.38. The third-order valence-electron chi connectivity index (χ3n) is 2.76. The first kappa shape index (κ1) is 10.8. The lowest BCUT2D eigenvalue weighted by Crippen LogP contribution is -2.50. The Labute approximate surface area is 83.2 Å². The van der Waals surface area contributed by atoms with Crippen LogP contribution in [0.2, 0.25) is 0 Å². The molecule has 14 heavy (non-hydrogen) atoms. The van der Waals surface area contributed by atoms with Crippen LogP contribution in [0, 0.1) is 0 Å². The van der Waals surface area contributed by atoms with E-state index < -0.39 is 11.9 Å². The largest absolute Gasteiger partial charge is 0.477 e. The fourth-order valence-electron chi connectivity index (χ4n) is 1.76. The summed E-state index contributed by atoms with van der Waals surface area (Å²) in [7, 11) is 1.64. The molecule has 0 saturated carbocycles. The standard InChI is InChI=1S/C10H15NO3/c1-6-5-10(2,3)11(4)8(12)7(6)9(13)14/h5H2,1-4H3,(H,13,14). The molecule has 4 nitrogen and oxygen atoms in total. The summed E-state index contributed by atoms with van der Waals surface area (Å²) in [6.07, 6.45) is 0.608. The highest BCUT2D eigenvalue weighted by atomic mass is 16.4. The number of carboxylic acids is 1. The zero-order valence-corrected chi connectivity index (χ0v) is 8.92. The van der Waals surface area contributed by atoms with Gasteiger partial charge in [0.25, 0.3) is 5.91 Å². The molecule has 1 aliphatic heterocycles. The molecular weight excluding hydrogens is 182 g/mol. The van der Waals surface area contributed by atoms with E-state index in [0.717, 1.165) is 0 Å². The van der Waals surface area contributed by atoms with E-state index in [0.29, 0.717) is 12.0 Å². The fourth-order valence-corrected chi connectivity index (χ4v) is 1.76. The van der Waals surface area contributed by atoms with Gasteiger partial charge in [0.1, 0.15) is 5.57 Å². The number of aliphatic carboxylic acids is 1. The molecule has 0 aromatic heterocycles. The molecule has 4 heteroatoms. The smallest absolute Gasteiger partial charge is 0.341 e. The summed E-state index contributed by atoms with van der Waals surface area (Å²) in [6.45, 7) is 5.55. The number of carbonyl (C=O) groups excluding carboxylic acids is 1. The van der Waals surface area contributed by atoms with Crippen LogP contribution >= 0.6 is 0 Å². The Bertz CT molecular complexity index is 328. The summed E-state index contributed by atoms with van der Waals surface area (Å²) in [4.78, 5) is 24.0. The average Bonchev–Trinajstić information content (AvgIpc) is 1.98. The molecular formula is C10H15NO3. The van der Waals surface area contributed by atoms with Crippen LogP contribution in [0.5, 0.6) is 0 Å². The Hall–Kier alpha value is -1.32. The van der Waals surface area contributed by atoms with Gasteiger partial charge in [-0.2, -0.15) is 0 Å². The van der Waals surface area contributed by atoms with Crippen LogP contribution in [0.1, 0.15) is 27.2 Å². The average molecular weight is 197 g/mol. The van der Waals surface area contributed by atoms with Crippen LogP contribution in [0.4, 0.5) is 0 Å². The Morgan fingerprint density at radius 1 is 1.50 bits per heavy atom. The van der Waals surface area contributed by atoms with Crippen molar-refractivity contribution in [2.75, 3.05) is 7.05 Å². The molecule has 0 radical (unpaired) electrons. The number of amides is 1. The van der Waals surface area contributed by atoms with Crippen molar-refractivity contribution in [2.45, 2.75) is 32.7 Å². The molecule has 0 aliphatic carbocycles. The molecule has 0 atom stereocenters. The number of carbonyl (C=O) groups is 2. The van der Waals surface area contributed by atoms with Crippen molar-refractivity contribution in [1.29, 1.82) is 0 Å². The third-order valence-corrected chi connectivity index (χ3v) is 2.76. The molecule has 1 N–H and O–H groups in total. The zero-order valence-electron chi connectivity index (χ0n) is 8.92. The maximum Gasteiger partial charge on any atom is 0.341 e. The minimum absolute atomic E-state index is 0.0770. The Kier molecular flexibility index (Phi) is 2.39. The van der Waals surface area contributed by atoms with E-state index in [-0.39, 0.29) is 11.1 Å². The topological polar surface area (TPSA) is 57.6 Å². The Balaban J connectivity index is 3.21. The number of rotatable bonds is 1. The number of nitrogens with zero attached hydrogens (tertiary/aromatic N) is 1. The van der Waals surface area contributed by atoms with Crippen LogP contribution < -0.4 is 0 Å². The van der Waals surface area contributed by atoms with E-state index in [1.165, 1.54) is 4.90 Å². The van der Waals surface area contributed by atoms with Crippen molar-refractivity contribution in [3.8, 4) is 0 Å². The first-order valence-electron chi connectivity index (χ1n) is 4.48. The van der Waals surface area contributed by atoms with E-state index in [1.807, 2.05) is 13.8 Å². The monoisotopic (exact) mass is 197 g/mol. The van der Waals surface area contributed by atoms with Crippen molar-refractivity contribution in [3.63, 3.8) is 0 Å². The van der Waals surface area contributed by atoms with Crippen LogP contribution in [-0.2, 0) is 9.59 Å². The lowest BCUT2D eigenvalue weighted by atomic mass is 9.86. The summed E-state index contributed by atoms with van der Waals surface area (Å²) < 4.78 is 0. The second-order valence-corrected chi connectivity index (χ2v) is 4.31. The van der Waals surface area contributed by atoms with Gasteiger partial charge < -0.3 is 10.0 Å². The van der Waals surface area contributed by atoms with Crippen molar-refractivity contribution < 1.29 is 14.7 Å². The van der Waals surface area contributed by atoms with Crippen molar-refractivity contribution in [2.24, 2.45) is 0 Å². The SMILES string of the molecule is CC1=C(C(=O)O)C(=O)N(C)C(C)(C)C1. The summed E-state index contributed by atoms with van der Waals surface area (Å²) in [6, 6.07) is 0. The molecule has 0 aromatic rings. The predicted molar refractivity (Wildman–Crippen MR) is 51.8 cm³/mol. The molecule has 1 amide bonds. The predicted octanol–water partition coefficient (Wildman–Crippen LogP) is 1.03. The second-order valence-electron chi connectivity index (χ2n) is 4.31. The number of hydrogen-bond donors (Lipinski definition) is 1. The molecule has 0 saturated heterocycles. The fraction of sp³-hybridized carbons (Fsp3) is 0.600. The maximum absolute atomic E-state index is 11.7. The summed E-state index contributed by atoms with van der Waals surface area (Å²) >= 11 is 0. The van der Waals surface area contributed by atoms with E-state index in [2.05, 4.69) is 0 Å². The van der Waals surface area contributed by atoms with Crippen molar-refractivity contribution >= 4 is 11.9 Å². The first-order valence-corrected chi connectivity index (χ1v) is 4.48. The maximum atomic E-state index is 11.7. The lowest BCUT2D eigenvalue weighted by Gasteiger charge is -2.40. The molecule has 0 aromatic carbocycles. The van der Waals surface area contributed by atoms with Gasteiger partial charge in [0.15, 0.2) is 0 Å². The van der Waals surface area contributed by atoms with E-state index in [9.17, 15) is 9.59 Å². The van der Waals surface area contributed by atoms with Gasteiger partial charge in [-0.25, -0.2) is 4.79 Å². The van der Waals surface area contributed by atoms with Gasteiger partial charge in [-0.15, -0.1) is 0 Å². The minimum atomic E-state index is -1.13. The van der Waals surface area contributed by atoms with Gasteiger partial charge in [0.2, 0.25) is 0 Å². The van der Waals surface area contributed by atoms with Crippen LogP contribution in [-0.4, -0.2) is 34.5 Å². The molecule has 0 spiro atoms.